The molecule has 1 aliphatic heterocycles. The van der Waals surface area contributed by atoms with Crippen LogP contribution in [0.2, 0.25) is 0 Å². The number of amides is 5. The second-order valence-corrected chi connectivity index (χ2v) is 22.3. The van der Waals surface area contributed by atoms with Crippen molar-refractivity contribution < 1.29 is 53.0 Å². The van der Waals surface area contributed by atoms with E-state index < -0.39 is 58.9 Å². The Morgan fingerprint density at radius 2 is 1.75 bits per heavy atom. The van der Waals surface area contributed by atoms with E-state index in [1.54, 1.807) is 29.3 Å². The fourth-order valence-electron chi connectivity index (χ4n) is 8.40. The first-order valence-corrected chi connectivity index (χ1v) is 28.7. The van der Waals surface area contributed by atoms with Crippen molar-refractivity contribution in [2.45, 2.75) is 148 Å². The molecule has 4 rings (SSSR count). The normalized spacial score (nSPS) is 16.1. The van der Waals surface area contributed by atoms with Crippen LogP contribution in [0.15, 0.2) is 53.0 Å². The number of benzene rings is 1. The van der Waals surface area contributed by atoms with Crippen LogP contribution in [0.5, 0.6) is 5.75 Å². The van der Waals surface area contributed by atoms with E-state index in [0.29, 0.717) is 24.5 Å². The number of pyridine rings is 1. The summed E-state index contributed by atoms with van der Waals surface area (Å²) < 4.78 is 17.2. The van der Waals surface area contributed by atoms with Crippen LogP contribution in [0, 0.1) is 27.9 Å². The Morgan fingerprint density at radius 1 is 1.00 bits per heavy atom. The second kappa shape index (κ2) is 32.1. The number of nitrogens with one attached hydrogen (secondary N) is 4. The van der Waals surface area contributed by atoms with Crippen LogP contribution in [0.1, 0.15) is 133 Å². The zero-order chi connectivity index (χ0) is 55.0. The molecule has 7 atom stereocenters. The maximum Gasteiger partial charge on any atom is 0.426 e. The molecule has 1 saturated heterocycles. The number of hydrazine groups is 1. The first-order chi connectivity index (χ1) is 35.8. The number of nitro groups is 1. The van der Waals surface area contributed by atoms with E-state index in [1.807, 2.05) is 39.6 Å². The molecule has 3 heterocycles. The number of nitrogens with zero attached hydrogens (tertiary/aromatic N) is 5. The Kier molecular flexibility index (Phi) is 26.5. The number of piperidine rings is 1. The first-order valence-electron chi connectivity index (χ1n) is 25.5. The molecule has 0 radical (unpaired) electrons. The third kappa shape index (κ3) is 20.5. The molecular formula is C51H75N9O12S3. The van der Waals surface area contributed by atoms with Gasteiger partial charge in [0.05, 0.1) is 11.0 Å². The Hall–Kier alpha value is -5.56. The highest BCUT2D eigenvalue weighted by Gasteiger charge is 2.39. The van der Waals surface area contributed by atoms with E-state index in [-0.39, 0.29) is 90.2 Å². The van der Waals surface area contributed by atoms with Crippen molar-refractivity contribution in [1.29, 1.82) is 0 Å². The number of hydrogen-bond donors (Lipinski definition) is 5. The molecule has 1 aromatic carbocycles. The van der Waals surface area contributed by atoms with Crippen molar-refractivity contribution >= 4 is 74.3 Å². The summed E-state index contributed by atoms with van der Waals surface area (Å²) in [4.78, 5) is 104. The first kappa shape index (κ1) is 62.0. The molecule has 0 saturated carbocycles. The number of phenolic OH excluding ortho intramolecular Hbond substituents is 1. The van der Waals surface area contributed by atoms with Crippen LogP contribution in [-0.2, 0) is 39.8 Å². The minimum Gasteiger partial charge on any atom is -0.508 e. The number of aromatic nitrogens is 2. The summed E-state index contributed by atoms with van der Waals surface area (Å²) in [7, 11) is 4.19. The van der Waals surface area contributed by atoms with Gasteiger partial charge in [0.2, 0.25) is 17.7 Å². The lowest BCUT2D eigenvalue weighted by molar-refractivity contribution is -0.388. The van der Waals surface area contributed by atoms with E-state index in [9.17, 15) is 44.0 Å². The smallest absolute Gasteiger partial charge is 0.426 e. The lowest BCUT2D eigenvalue weighted by atomic mass is 9.92. The summed E-state index contributed by atoms with van der Waals surface area (Å²) in [5.41, 5.74) is 5.20. The van der Waals surface area contributed by atoms with Crippen LogP contribution in [0.4, 0.5) is 10.5 Å². The van der Waals surface area contributed by atoms with E-state index >= 15 is 0 Å². The molecule has 24 heteroatoms. The molecule has 3 aromatic rings. The fraction of sp³-hybridized carbons (Fsp3) is 0.608. The predicted molar refractivity (Wildman–Crippen MR) is 287 cm³/mol. The number of likely N-dealkylation sites (tertiary alicyclic amines) is 1. The molecule has 5 amide bonds. The van der Waals surface area contributed by atoms with Crippen LogP contribution in [0.25, 0.3) is 0 Å². The van der Waals surface area contributed by atoms with Gasteiger partial charge < -0.3 is 34.9 Å². The summed E-state index contributed by atoms with van der Waals surface area (Å²) in [6.45, 7) is 13.9. The van der Waals surface area contributed by atoms with E-state index in [2.05, 4.69) is 38.4 Å². The second-order valence-electron chi connectivity index (χ2n) is 19.1. The van der Waals surface area contributed by atoms with Crippen molar-refractivity contribution in [3.8, 4) is 5.75 Å². The third-order valence-electron chi connectivity index (χ3n) is 12.8. The Bertz CT molecular complexity index is 2330. The topological polar surface area (TPSA) is 274 Å². The molecule has 0 unspecified atom stereocenters. The van der Waals surface area contributed by atoms with Crippen LogP contribution >= 0.6 is 32.9 Å². The minimum atomic E-state index is -0.978. The lowest BCUT2D eigenvalue weighted by Gasteiger charge is -2.40. The standard InChI is InChI=1S/C51H75N9O12S3/c1-9-11-14-24-70-31-59(50(66)44(33(5)10-2)55-47(65)40-16-12-13-23-58(40)8)42(32(3)4)29-43(72-35(7)61)49-54-39(30-73-49)46(64)53-37(28-36-18-20-38(62)21-19-36)27-34(6)45(63)56-57-51(67)71-25-26-74-75-48-41(60(68)69)17-15-22-52-48/h15,17-22,30,32-34,37,40,42-44,62H,9-14,16,23-29,31H2,1-8H3,(H,53,64)(H,55,65)(H,56,63)(H,57,67)/t33-,34-,37+,40+,42+,43+,44-/m0/s1. The number of esters is 1. The maximum absolute atomic E-state index is 15.0. The summed E-state index contributed by atoms with van der Waals surface area (Å²) in [6, 6.07) is 6.79. The predicted octanol–water partition coefficient (Wildman–Crippen LogP) is 7.74. The quantitative estimate of drug-likeness (QED) is 0.0107. The molecular weight excluding hydrogens is 1030 g/mol. The van der Waals surface area contributed by atoms with Gasteiger partial charge in [-0.2, -0.15) is 0 Å². The molecule has 75 heavy (non-hydrogen) atoms. The number of carbonyl (C=O) groups is 6. The zero-order valence-corrected chi connectivity index (χ0v) is 46.7. The molecule has 1 aliphatic rings. The highest BCUT2D eigenvalue weighted by molar-refractivity contribution is 8.76. The fourth-order valence-corrected chi connectivity index (χ4v) is 11.1. The SMILES string of the molecule is CCCCCOCN(C(=O)[C@@H](NC(=O)[C@H]1CCCCN1C)[C@@H](C)CC)[C@H](C[C@@H](OC(C)=O)c1nc(C(=O)N[C@@H](Cc2ccc(O)cc2)C[C@H](C)C(=O)NNC(=O)OCCSSc2ncccc2[N+](=O)[O-])cs1)C(C)C. The summed E-state index contributed by atoms with van der Waals surface area (Å²) in [6.07, 6.45) is 5.98. The maximum atomic E-state index is 15.0. The number of hydrogen-bond acceptors (Lipinski definition) is 18. The van der Waals surface area contributed by atoms with Gasteiger partial charge in [-0.15, -0.1) is 11.3 Å². The number of rotatable bonds is 30. The van der Waals surface area contributed by atoms with Crippen LogP contribution < -0.4 is 21.5 Å². The van der Waals surface area contributed by atoms with Crippen molar-refractivity contribution in [1.82, 2.24) is 41.3 Å². The monoisotopic (exact) mass is 1100 g/mol. The van der Waals surface area contributed by atoms with Gasteiger partial charge in [0, 0.05) is 61.3 Å². The minimum absolute atomic E-state index is 0.0275. The molecule has 0 aliphatic carbocycles. The number of aromatic hydroxyl groups is 1. The molecule has 5 N–H and O–H groups in total. The molecule has 1 fully saturated rings. The number of carbonyl (C=O) groups excluding carboxylic acids is 6. The molecule has 21 nitrogen and oxygen atoms in total. The van der Waals surface area contributed by atoms with Crippen molar-refractivity contribution in [3.63, 3.8) is 0 Å². The van der Waals surface area contributed by atoms with Crippen molar-refractivity contribution in [2.75, 3.05) is 39.3 Å². The van der Waals surface area contributed by atoms with Gasteiger partial charge in [0.25, 0.3) is 5.91 Å². The Morgan fingerprint density at radius 3 is 2.41 bits per heavy atom. The van der Waals surface area contributed by atoms with Gasteiger partial charge >= 0.3 is 17.7 Å². The van der Waals surface area contributed by atoms with Gasteiger partial charge in [-0.05, 0) is 92.1 Å². The molecule has 2 aromatic heterocycles. The third-order valence-corrected chi connectivity index (χ3v) is 16.0. The Balaban J connectivity index is 1.48. The van der Waals surface area contributed by atoms with Crippen LogP contribution in [-0.4, -0.2) is 129 Å². The number of phenols is 1. The summed E-state index contributed by atoms with van der Waals surface area (Å²) in [5.74, 6) is -3.07. The Labute approximate surface area is 451 Å². The van der Waals surface area contributed by atoms with Gasteiger partial charge in [0.15, 0.2) is 11.1 Å². The number of thiazole rings is 1. The van der Waals surface area contributed by atoms with Crippen molar-refractivity contribution in [2.24, 2.45) is 17.8 Å². The number of likely N-dealkylation sites (N-methyl/N-ethyl adjacent to an activating group) is 1. The van der Waals surface area contributed by atoms with Gasteiger partial charge in [-0.25, -0.2) is 20.2 Å². The zero-order valence-electron chi connectivity index (χ0n) is 44.2. The summed E-state index contributed by atoms with van der Waals surface area (Å²) in [5, 5.41) is 29.4. The molecule has 0 spiro atoms. The largest absolute Gasteiger partial charge is 0.508 e. The van der Waals surface area contributed by atoms with Gasteiger partial charge in [-0.1, -0.05) is 90.2 Å². The average Bonchev–Trinajstić information content (AvgIpc) is 3.88. The van der Waals surface area contributed by atoms with Gasteiger partial charge in [0.1, 0.15) is 35.8 Å². The van der Waals surface area contributed by atoms with E-state index in [1.165, 1.54) is 48.2 Å². The molecule has 0 bridgehead atoms. The summed E-state index contributed by atoms with van der Waals surface area (Å²) >= 11 is 1.12. The van der Waals surface area contributed by atoms with Crippen LogP contribution in [0.3, 0.4) is 0 Å². The highest BCUT2D eigenvalue weighted by Crippen LogP contribution is 2.35. The van der Waals surface area contributed by atoms with E-state index in [0.717, 1.165) is 66.3 Å². The van der Waals surface area contributed by atoms with E-state index in [4.69, 9.17) is 14.2 Å². The number of ether oxygens (including phenoxy) is 3. The highest BCUT2D eigenvalue weighted by atomic mass is 33.1. The van der Waals surface area contributed by atoms with Gasteiger partial charge in [-0.3, -0.25) is 44.4 Å². The van der Waals surface area contributed by atoms with Crippen molar-refractivity contribution in [3.05, 3.63) is 74.4 Å². The average molecular weight is 1100 g/mol. The lowest BCUT2D eigenvalue weighted by Crippen LogP contribution is -2.59. The number of unbranched alkanes of at least 4 members (excludes halogenated alkanes) is 2. The molecule has 414 valence electrons.